The molecule has 0 bridgehead atoms. The summed E-state index contributed by atoms with van der Waals surface area (Å²) in [5, 5.41) is 4.24. The summed E-state index contributed by atoms with van der Waals surface area (Å²) in [7, 11) is -5.96. The van der Waals surface area contributed by atoms with Crippen LogP contribution in [0.2, 0.25) is 10.1 Å². The number of allylic oxidation sites excluding steroid dienone is 3. The summed E-state index contributed by atoms with van der Waals surface area (Å²) in [6.07, 6.45) is 4.52. The van der Waals surface area contributed by atoms with Crippen LogP contribution in [0, 0.1) is 11.8 Å². The maximum atomic E-state index is 14.1. The molecule has 1 heterocycles. The van der Waals surface area contributed by atoms with Crippen molar-refractivity contribution < 1.29 is 18.4 Å². The summed E-state index contributed by atoms with van der Waals surface area (Å²) in [5.41, 5.74) is 0.906. The van der Waals surface area contributed by atoms with Gasteiger partial charge < -0.3 is 13.6 Å². The summed E-state index contributed by atoms with van der Waals surface area (Å²) in [4.78, 5) is 14.1. The van der Waals surface area contributed by atoms with E-state index < -0.39 is 22.2 Å². The van der Waals surface area contributed by atoms with Crippen molar-refractivity contribution in [2.75, 3.05) is 13.2 Å². The average molecular weight is 745 g/mol. The molecule has 0 aromatic heterocycles. The van der Waals surface area contributed by atoms with Gasteiger partial charge in [-0.15, -0.1) is 0 Å². The summed E-state index contributed by atoms with van der Waals surface area (Å²) < 4.78 is 21.8. The Morgan fingerprint density at radius 3 is 1.23 bits per heavy atom. The second-order valence-corrected chi connectivity index (χ2v) is 25.9. The molecular formula is C47H60O4Si2. The van der Waals surface area contributed by atoms with Crippen LogP contribution in [0.15, 0.2) is 145 Å². The normalized spacial score (nSPS) is 15.9. The Bertz CT molecular complexity index is 1660. The molecule has 0 atom stereocenters. The standard InChI is InChI=1S/C47H60O4Si2/c1-36(2)43(37(3)4)32-31-38-33-47(51-44(38)48,34-49-52(45(5,6)7,39-23-15-11-16-24-39)40-25-17-12-18-26-40)35-50-53(46(8,9)10,41-27-19-13-20-28-41)42-29-21-14-22-30-42/h11-32,36-37H,33-35H2,1-10H3/b38-31+. The van der Waals surface area contributed by atoms with E-state index in [2.05, 4.69) is 197 Å². The van der Waals surface area contributed by atoms with E-state index in [1.165, 1.54) is 26.3 Å². The third kappa shape index (κ3) is 8.31. The van der Waals surface area contributed by atoms with Gasteiger partial charge in [-0.3, -0.25) is 0 Å². The fraction of sp³-hybridized carbons (Fsp3) is 0.383. The second kappa shape index (κ2) is 16.3. The Morgan fingerprint density at radius 1 is 0.623 bits per heavy atom. The van der Waals surface area contributed by atoms with Gasteiger partial charge in [0.25, 0.3) is 16.6 Å². The highest BCUT2D eigenvalue weighted by Gasteiger charge is 2.56. The predicted molar refractivity (Wildman–Crippen MR) is 226 cm³/mol. The van der Waals surface area contributed by atoms with Crippen molar-refractivity contribution in [3.63, 3.8) is 0 Å². The molecule has 0 N–H and O–H groups in total. The fourth-order valence-corrected chi connectivity index (χ4v) is 17.6. The van der Waals surface area contributed by atoms with E-state index in [9.17, 15) is 4.79 Å². The van der Waals surface area contributed by atoms with Crippen LogP contribution in [0.25, 0.3) is 0 Å². The van der Waals surface area contributed by atoms with Crippen molar-refractivity contribution in [3.8, 4) is 0 Å². The molecule has 1 saturated heterocycles. The van der Waals surface area contributed by atoms with Crippen molar-refractivity contribution >= 4 is 43.4 Å². The Balaban J connectivity index is 1.67. The lowest BCUT2D eigenvalue weighted by atomic mass is 9.91. The fourth-order valence-electron chi connectivity index (χ4n) is 8.30. The molecular weight excluding hydrogens is 685 g/mol. The monoisotopic (exact) mass is 744 g/mol. The lowest BCUT2D eigenvalue weighted by molar-refractivity contribution is -0.152. The van der Waals surface area contributed by atoms with Crippen LogP contribution in [0.4, 0.5) is 0 Å². The van der Waals surface area contributed by atoms with Gasteiger partial charge in [-0.05, 0) is 42.7 Å². The number of esters is 1. The molecule has 4 aromatic carbocycles. The van der Waals surface area contributed by atoms with Crippen molar-refractivity contribution in [1.82, 2.24) is 0 Å². The number of ether oxygens (including phenoxy) is 1. The first-order chi connectivity index (χ1) is 25.1. The van der Waals surface area contributed by atoms with E-state index in [-0.39, 0.29) is 29.3 Å². The van der Waals surface area contributed by atoms with Gasteiger partial charge in [0.15, 0.2) is 5.60 Å². The molecule has 5 rings (SSSR count). The first kappa shape index (κ1) is 40.4. The zero-order chi connectivity index (χ0) is 38.5. The number of benzene rings is 4. The minimum absolute atomic E-state index is 0.201. The quantitative estimate of drug-likeness (QED) is 0.0780. The minimum atomic E-state index is -2.98. The Kier molecular flexibility index (Phi) is 12.4. The average Bonchev–Trinajstić information content (AvgIpc) is 3.44. The number of hydrogen-bond donors (Lipinski definition) is 0. The molecule has 1 aliphatic rings. The number of carbonyl (C=O) groups is 1. The Hall–Kier alpha value is -3.82. The summed E-state index contributed by atoms with van der Waals surface area (Å²) in [5.74, 6) is 0.433. The molecule has 0 amide bonds. The highest BCUT2D eigenvalue weighted by Crippen LogP contribution is 2.42. The van der Waals surface area contributed by atoms with Crippen LogP contribution in [0.3, 0.4) is 0 Å². The number of rotatable bonds is 13. The molecule has 1 aliphatic heterocycles. The molecule has 6 heteroatoms. The first-order valence-corrected chi connectivity index (χ1v) is 23.0. The van der Waals surface area contributed by atoms with Crippen LogP contribution in [0.1, 0.15) is 75.7 Å². The molecule has 1 fully saturated rings. The summed E-state index contributed by atoms with van der Waals surface area (Å²) in [6.45, 7) is 22.9. The van der Waals surface area contributed by atoms with E-state index in [4.69, 9.17) is 13.6 Å². The molecule has 0 saturated carbocycles. The molecule has 0 spiro atoms. The van der Waals surface area contributed by atoms with Crippen molar-refractivity contribution in [1.29, 1.82) is 0 Å². The van der Waals surface area contributed by atoms with Crippen molar-refractivity contribution in [2.24, 2.45) is 11.8 Å². The highest BCUT2D eigenvalue weighted by molar-refractivity contribution is 7.00. The van der Waals surface area contributed by atoms with Gasteiger partial charge in [0, 0.05) is 12.0 Å². The van der Waals surface area contributed by atoms with Gasteiger partial charge in [-0.2, -0.15) is 0 Å². The first-order valence-electron chi connectivity index (χ1n) is 19.2. The van der Waals surface area contributed by atoms with Crippen LogP contribution in [-0.4, -0.2) is 41.4 Å². The number of hydrogen-bond acceptors (Lipinski definition) is 4. The molecule has 4 aromatic rings. The minimum Gasteiger partial charge on any atom is -0.451 e. The van der Waals surface area contributed by atoms with Crippen LogP contribution in [0.5, 0.6) is 0 Å². The lowest BCUT2D eigenvalue weighted by Gasteiger charge is -2.46. The Morgan fingerprint density at radius 2 is 0.943 bits per heavy atom. The smallest absolute Gasteiger partial charge is 0.334 e. The van der Waals surface area contributed by atoms with Gasteiger partial charge in [-0.25, -0.2) is 4.79 Å². The molecule has 0 aliphatic carbocycles. The number of cyclic esters (lactones) is 1. The molecule has 0 radical (unpaired) electrons. The van der Waals surface area contributed by atoms with Crippen LogP contribution in [-0.2, 0) is 18.4 Å². The molecule has 280 valence electrons. The predicted octanol–water partition coefficient (Wildman–Crippen LogP) is 8.99. The van der Waals surface area contributed by atoms with Gasteiger partial charge in [-0.1, -0.05) is 208 Å². The van der Waals surface area contributed by atoms with Crippen molar-refractivity contribution in [3.05, 3.63) is 145 Å². The van der Waals surface area contributed by atoms with Crippen LogP contribution < -0.4 is 20.7 Å². The van der Waals surface area contributed by atoms with E-state index in [1.54, 1.807) is 0 Å². The molecule has 0 unspecified atom stereocenters. The van der Waals surface area contributed by atoms with E-state index in [1.807, 2.05) is 6.08 Å². The largest absolute Gasteiger partial charge is 0.451 e. The third-order valence-corrected chi connectivity index (χ3v) is 20.8. The topological polar surface area (TPSA) is 44.8 Å². The SMILES string of the molecule is CC(C)C(=C/C=C1\CC(CO[Si](c2ccccc2)(c2ccccc2)C(C)(C)C)(CO[Si](c2ccccc2)(c2ccccc2)C(C)(C)C)OC1=O)C(C)C. The van der Waals surface area contributed by atoms with Gasteiger partial charge >= 0.3 is 5.97 Å². The molecule has 53 heavy (non-hydrogen) atoms. The summed E-state index contributed by atoms with van der Waals surface area (Å²) in [6, 6.07) is 42.6. The Labute approximate surface area is 321 Å². The zero-order valence-electron chi connectivity index (χ0n) is 33.6. The third-order valence-electron chi connectivity index (χ3n) is 10.8. The maximum absolute atomic E-state index is 14.1. The zero-order valence-corrected chi connectivity index (χ0v) is 35.6. The van der Waals surface area contributed by atoms with Crippen molar-refractivity contribution in [2.45, 2.75) is 91.3 Å². The second-order valence-electron chi connectivity index (χ2n) is 17.3. The summed E-state index contributed by atoms with van der Waals surface area (Å²) >= 11 is 0. The van der Waals surface area contributed by atoms with Gasteiger partial charge in [0.2, 0.25) is 0 Å². The highest BCUT2D eigenvalue weighted by atomic mass is 28.4. The van der Waals surface area contributed by atoms with Gasteiger partial charge in [0.05, 0.1) is 13.2 Å². The molecule has 4 nitrogen and oxygen atoms in total. The van der Waals surface area contributed by atoms with Crippen LogP contribution >= 0.6 is 0 Å². The van der Waals surface area contributed by atoms with E-state index in [0.29, 0.717) is 23.8 Å². The maximum Gasteiger partial charge on any atom is 0.334 e. The van der Waals surface area contributed by atoms with E-state index >= 15 is 0 Å². The number of carbonyl (C=O) groups excluding carboxylic acids is 1. The van der Waals surface area contributed by atoms with Gasteiger partial charge in [0.1, 0.15) is 0 Å². The van der Waals surface area contributed by atoms with E-state index in [0.717, 1.165) is 0 Å². The lowest BCUT2D eigenvalue weighted by Crippen LogP contribution is -2.69.